The second kappa shape index (κ2) is 7.55. The first-order valence-corrected chi connectivity index (χ1v) is 11.0. The lowest BCUT2D eigenvalue weighted by Gasteiger charge is -2.42. The van der Waals surface area contributed by atoms with E-state index in [4.69, 9.17) is 0 Å². The lowest BCUT2D eigenvalue weighted by atomic mass is 9.75. The number of benzene rings is 2. The van der Waals surface area contributed by atoms with E-state index in [1.54, 1.807) is 0 Å². The van der Waals surface area contributed by atoms with Crippen LogP contribution in [0.1, 0.15) is 34.3 Å². The first-order valence-electron chi connectivity index (χ1n) is 11.0. The van der Waals surface area contributed by atoms with E-state index in [2.05, 4.69) is 34.5 Å². The van der Waals surface area contributed by atoms with Gasteiger partial charge in [0.25, 0.3) is 5.91 Å². The Morgan fingerprint density at radius 2 is 1.73 bits per heavy atom. The van der Waals surface area contributed by atoms with Gasteiger partial charge in [-0.15, -0.1) is 0 Å². The molecule has 0 aliphatic carbocycles. The van der Waals surface area contributed by atoms with Crippen LogP contribution in [0.25, 0.3) is 0 Å². The van der Waals surface area contributed by atoms with Crippen LogP contribution in [0.2, 0.25) is 0 Å². The molecular formula is C25H29N3O2. The maximum absolute atomic E-state index is 12.9. The normalized spacial score (nSPS) is 25.4. The molecule has 1 N–H and O–H groups in total. The highest BCUT2D eigenvalue weighted by molar-refractivity contribution is 5.94. The van der Waals surface area contributed by atoms with Gasteiger partial charge in [-0.2, -0.15) is 0 Å². The minimum Gasteiger partial charge on any atom is -0.350 e. The molecular weight excluding hydrogens is 374 g/mol. The van der Waals surface area contributed by atoms with Gasteiger partial charge in [-0.25, -0.2) is 0 Å². The molecule has 3 aliphatic heterocycles. The highest BCUT2D eigenvalue weighted by Crippen LogP contribution is 2.44. The van der Waals surface area contributed by atoms with Crippen LogP contribution >= 0.6 is 0 Å². The summed E-state index contributed by atoms with van der Waals surface area (Å²) in [5.41, 5.74) is 3.05. The average molecular weight is 404 g/mol. The van der Waals surface area contributed by atoms with E-state index in [1.165, 1.54) is 5.56 Å². The molecule has 2 aromatic carbocycles. The zero-order valence-corrected chi connectivity index (χ0v) is 17.5. The quantitative estimate of drug-likeness (QED) is 0.858. The van der Waals surface area contributed by atoms with Gasteiger partial charge in [0.05, 0.1) is 5.92 Å². The van der Waals surface area contributed by atoms with Crippen molar-refractivity contribution >= 4 is 11.8 Å². The van der Waals surface area contributed by atoms with Gasteiger partial charge in [0.15, 0.2) is 0 Å². The predicted molar refractivity (Wildman–Crippen MR) is 116 cm³/mol. The minimum atomic E-state index is -0.156. The van der Waals surface area contributed by atoms with Crippen LogP contribution in [0, 0.1) is 18.8 Å². The third-order valence-electron chi connectivity index (χ3n) is 7.30. The Hall–Kier alpha value is -2.66. The van der Waals surface area contributed by atoms with E-state index in [9.17, 15) is 9.59 Å². The summed E-state index contributed by atoms with van der Waals surface area (Å²) in [5, 5.41) is 3.36. The van der Waals surface area contributed by atoms with E-state index in [1.807, 2.05) is 42.2 Å². The molecule has 5 heteroatoms. The number of piperidine rings is 1. The molecule has 2 atom stereocenters. The summed E-state index contributed by atoms with van der Waals surface area (Å²) >= 11 is 0. The number of fused-ring (bicyclic) bond motifs is 2. The number of rotatable bonds is 3. The van der Waals surface area contributed by atoms with Crippen LogP contribution < -0.4 is 5.32 Å². The second-order valence-electron chi connectivity index (χ2n) is 9.20. The maximum atomic E-state index is 12.9. The van der Waals surface area contributed by atoms with Gasteiger partial charge < -0.3 is 10.2 Å². The Balaban J connectivity index is 1.25. The van der Waals surface area contributed by atoms with E-state index in [0.717, 1.165) is 43.6 Å². The first-order chi connectivity index (χ1) is 14.5. The number of likely N-dealkylation sites (tertiary alicyclic amines) is 2. The molecule has 3 saturated heterocycles. The van der Waals surface area contributed by atoms with E-state index < -0.39 is 0 Å². The molecule has 0 saturated carbocycles. The van der Waals surface area contributed by atoms with Crippen LogP contribution in [0.3, 0.4) is 0 Å². The number of carbonyl (C=O) groups excluding carboxylic acids is 2. The third-order valence-corrected chi connectivity index (χ3v) is 7.30. The van der Waals surface area contributed by atoms with Gasteiger partial charge in [0, 0.05) is 49.7 Å². The van der Waals surface area contributed by atoms with E-state index >= 15 is 0 Å². The standard InChI is InChI=1S/C25H29N3O2/c1-18-7-9-20(10-8-18)24(30)28-13-11-25(12-14-28)22-17-27(16-21(22)23(29)26-25)15-19-5-3-2-4-6-19/h2-10,21-22H,11-17H2,1H3,(H,26,29)/t21-,22+/m1/s1. The fraction of sp³-hybridized carbons (Fsp3) is 0.440. The highest BCUT2D eigenvalue weighted by Gasteiger charge is 2.57. The fourth-order valence-electron chi connectivity index (χ4n) is 5.60. The molecule has 2 aromatic rings. The van der Waals surface area contributed by atoms with Crippen molar-refractivity contribution in [3.05, 3.63) is 71.3 Å². The van der Waals surface area contributed by atoms with Crippen LogP contribution in [0.4, 0.5) is 0 Å². The van der Waals surface area contributed by atoms with Gasteiger partial charge in [-0.05, 0) is 37.5 Å². The molecule has 1 spiro atoms. The second-order valence-corrected chi connectivity index (χ2v) is 9.20. The number of hydrogen-bond acceptors (Lipinski definition) is 3. The van der Waals surface area contributed by atoms with Crippen molar-refractivity contribution in [1.29, 1.82) is 0 Å². The van der Waals surface area contributed by atoms with Crippen molar-refractivity contribution in [2.24, 2.45) is 11.8 Å². The van der Waals surface area contributed by atoms with Crippen molar-refractivity contribution in [2.45, 2.75) is 31.8 Å². The maximum Gasteiger partial charge on any atom is 0.253 e. The molecule has 3 fully saturated rings. The summed E-state index contributed by atoms with van der Waals surface area (Å²) in [7, 11) is 0. The third kappa shape index (κ3) is 3.41. The zero-order chi connectivity index (χ0) is 20.7. The molecule has 5 rings (SSSR count). The largest absolute Gasteiger partial charge is 0.350 e. The van der Waals surface area contributed by atoms with Crippen LogP contribution in [0.5, 0.6) is 0 Å². The summed E-state index contributed by atoms with van der Waals surface area (Å²) in [4.78, 5) is 30.0. The van der Waals surface area contributed by atoms with Crippen molar-refractivity contribution in [3.8, 4) is 0 Å². The van der Waals surface area contributed by atoms with Crippen LogP contribution in [-0.4, -0.2) is 53.3 Å². The predicted octanol–water partition coefficient (Wildman–Crippen LogP) is 2.85. The lowest BCUT2D eigenvalue weighted by Crippen LogP contribution is -2.56. The van der Waals surface area contributed by atoms with Gasteiger partial charge in [0.2, 0.25) is 5.91 Å². The number of nitrogens with zero attached hydrogens (tertiary/aromatic N) is 2. The number of amides is 2. The summed E-state index contributed by atoms with van der Waals surface area (Å²) in [6, 6.07) is 18.3. The van der Waals surface area contributed by atoms with Crippen molar-refractivity contribution in [2.75, 3.05) is 26.2 Å². The van der Waals surface area contributed by atoms with Crippen LogP contribution in [-0.2, 0) is 11.3 Å². The Kier molecular flexibility index (Phi) is 4.86. The lowest BCUT2D eigenvalue weighted by molar-refractivity contribution is -0.123. The summed E-state index contributed by atoms with van der Waals surface area (Å²) in [6.45, 7) is 6.11. The summed E-state index contributed by atoms with van der Waals surface area (Å²) < 4.78 is 0. The summed E-state index contributed by atoms with van der Waals surface area (Å²) in [6.07, 6.45) is 1.69. The fourth-order valence-corrected chi connectivity index (χ4v) is 5.60. The average Bonchev–Trinajstić information content (AvgIpc) is 3.29. The zero-order valence-electron chi connectivity index (χ0n) is 17.5. The molecule has 156 valence electrons. The highest BCUT2D eigenvalue weighted by atomic mass is 16.2. The molecule has 3 aliphatic rings. The van der Waals surface area contributed by atoms with Crippen LogP contribution in [0.15, 0.2) is 54.6 Å². The Labute approximate surface area is 178 Å². The minimum absolute atomic E-state index is 0.0769. The van der Waals surface area contributed by atoms with E-state index in [-0.39, 0.29) is 23.3 Å². The number of carbonyl (C=O) groups is 2. The Bertz CT molecular complexity index is 933. The molecule has 30 heavy (non-hydrogen) atoms. The van der Waals surface area contributed by atoms with Gasteiger partial charge in [-0.1, -0.05) is 48.0 Å². The monoisotopic (exact) mass is 403 g/mol. The first kappa shape index (κ1) is 19.3. The molecule has 0 unspecified atom stereocenters. The Morgan fingerprint density at radius 1 is 1.03 bits per heavy atom. The summed E-state index contributed by atoms with van der Waals surface area (Å²) in [5.74, 6) is 0.718. The van der Waals surface area contributed by atoms with Crippen molar-refractivity contribution in [3.63, 3.8) is 0 Å². The SMILES string of the molecule is Cc1ccc(C(=O)N2CCC3(CC2)NC(=O)[C@@H]2CN(Cc4ccccc4)C[C@@H]23)cc1. The molecule has 0 radical (unpaired) electrons. The van der Waals surface area contributed by atoms with Gasteiger partial charge in [-0.3, -0.25) is 14.5 Å². The number of aryl methyl sites for hydroxylation is 1. The van der Waals surface area contributed by atoms with Gasteiger partial charge in [0.1, 0.15) is 0 Å². The molecule has 0 bridgehead atoms. The molecule has 2 amide bonds. The molecule has 3 heterocycles. The van der Waals surface area contributed by atoms with Gasteiger partial charge >= 0.3 is 0 Å². The number of hydrogen-bond donors (Lipinski definition) is 1. The smallest absolute Gasteiger partial charge is 0.253 e. The number of nitrogens with one attached hydrogen (secondary N) is 1. The van der Waals surface area contributed by atoms with Crippen molar-refractivity contribution in [1.82, 2.24) is 15.1 Å². The van der Waals surface area contributed by atoms with Crippen molar-refractivity contribution < 1.29 is 9.59 Å². The molecule has 0 aromatic heterocycles. The van der Waals surface area contributed by atoms with E-state index in [0.29, 0.717) is 19.0 Å². The molecule has 5 nitrogen and oxygen atoms in total. The Morgan fingerprint density at radius 3 is 2.43 bits per heavy atom. The topological polar surface area (TPSA) is 52.7 Å².